The van der Waals surface area contributed by atoms with Crippen molar-refractivity contribution in [3.63, 3.8) is 0 Å². The fraction of sp³-hybridized carbons (Fsp3) is 0.0870. The minimum atomic E-state index is -0.613. The maximum atomic E-state index is 13.4. The Balaban J connectivity index is 1.42. The number of nitrogens with one attached hydrogen (secondary N) is 1. The minimum absolute atomic E-state index is 0.107. The van der Waals surface area contributed by atoms with Crippen molar-refractivity contribution in [1.29, 1.82) is 5.26 Å². The molecule has 0 aliphatic heterocycles. The Labute approximate surface area is 202 Å². The molecule has 2 heterocycles. The number of hydrogen-bond donors (Lipinski definition) is 1. The highest BCUT2D eigenvalue weighted by Gasteiger charge is 2.18. The molecular weight excluding hydrogens is 477 g/mol. The van der Waals surface area contributed by atoms with Gasteiger partial charge in [-0.3, -0.25) is 14.2 Å². The molecule has 0 atom stereocenters. The van der Waals surface area contributed by atoms with Gasteiger partial charge in [0.2, 0.25) is 0 Å². The van der Waals surface area contributed by atoms with E-state index in [9.17, 15) is 14.0 Å². The molecule has 4 rings (SSSR count). The van der Waals surface area contributed by atoms with Crippen molar-refractivity contribution in [1.82, 2.24) is 14.8 Å². The summed E-state index contributed by atoms with van der Waals surface area (Å²) in [4.78, 5) is 24.3. The van der Waals surface area contributed by atoms with Crippen LogP contribution in [0.25, 0.3) is 17.1 Å². The number of carbonyl (C=O) groups is 2. The highest BCUT2D eigenvalue weighted by Crippen LogP contribution is 2.28. The van der Waals surface area contributed by atoms with E-state index in [2.05, 4.69) is 15.5 Å². The molecule has 1 amide bonds. The van der Waals surface area contributed by atoms with Crippen molar-refractivity contribution in [3.8, 4) is 23.1 Å². The van der Waals surface area contributed by atoms with E-state index in [4.69, 9.17) is 10.00 Å². The van der Waals surface area contributed by atoms with Crippen molar-refractivity contribution >= 4 is 40.0 Å². The normalized spacial score (nSPS) is 10.5. The Morgan fingerprint density at radius 1 is 1.12 bits per heavy atom. The highest BCUT2D eigenvalue weighted by atomic mass is 32.2. The predicted molar refractivity (Wildman–Crippen MR) is 126 cm³/mol. The van der Waals surface area contributed by atoms with Crippen molar-refractivity contribution in [2.45, 2.75) is 5.16 Å². The largest absolute Gasteiger partial charge is 0.455 e. The van der Waals surface area contributed by atoms with E-state index in [0.29, 0.717) is 27.1 Å². The number of para-hydroxylation sites is 1. The van der Waals surface area contributed by atoms with E-state index >= 15 is 0 Å². The number of rotatable bonds is 8. The zero-order valence-electron chi connectivity index (χ0n) is 17.5. The Hall–Kier alpha value is -4.01. The number of anilines is 1. The summed E-state index contributed by atoms with van der Waals surface area (Å²) in [5, 5.41) is 22.5. The Morgan fingerprint density at radius 2 is 1.88 bits per heavy atom. The van der Waals surface area contributed by atoms with Crippen LogP contribution in [-0.2, 0) is 14.3 Å². The van der Waals surface area contributed by atoms with Gasteiger partial charge in [0.1, 0.15) is 16.9 Å². The Kier molecular flexibility index (Phi) is 7.31. The molecule has 11 heteroatoms. The van der Waals surface area contributed by atoms with Gasteiger partial charge in [-0.25, -0.2) is 4.39 Å². The van der Waals surface area contributed by atoms with Crippen LogP contribution < -0.4 is 5.32 Å². The topological polar surface area (TPSA) is 110 Å². The summed E-state index contributed by atoms with van der Waals surface area (Å²) >= 11 is 2.31. The van der Waals surface area contributed by atoms with Crippen LogP contribution in [0.15, 0.2) is 71.2 Å². The van der Waals surface area contributed by atoms with Gasteiger partial charge in [-0.1, -0.05) is 30.0 Å². The quantitative estimate of drug-likeness (QED) is 0.288. The standard InChI is InChI=1S/C23H16FN5O3S2/c24-17-8-6-15(7-9-17)21-27-28-23(29(21)18-4-2-1-3-5-18)34-14-20(31)32-13-19(30)26-22-16(12-25)10-11-33-22/h1-11H,13-14H2,(H,26,30). The van der Waals surface area contributed by atoms with Crippen LogP contribution in [-0.4, -0.2) is 39.0 Å². The SMILES string of the molecule is N#Cc1ccsc1NC(=O)COC(=O)CSc1nnc(-c2ccc(F)cc2)n1-c1ccccc1. The number of esters is 1. The summed E-state index contributed by atoms with van der Waals surface area (Å²) < 4.78 is 20.2. The molecule has 34 heavy (non-hydrogen) atoms. The summed E-state index contributed by atoms with van der Waals surface area (Å²) in [5.41, 5.74) is 1.78. The van der Waals surface area contributed by atoms with Crippen LogP contribution in [0, 0.1) is 17.1 Å². The first-order chi connectivity index (χ1) is 16.5. The fourth-order valence-electron chi connectivity index (χ4n) is 2.93. The third-order valence-electron chi connectivity index (χ3n) is 4.47. The maximum absolute atomic E-state index is 13.4. The van der Waals surface area contributed by atoms with Crippen LogP contribution in [0.3, 0.4) is 0 Å². The first-order valence-corrected chi connectivity index (χ1v) is 11.7. The summed E-state index contributed by atoms with van der Waals surface area (Å²) in [6, 6.07) is 18.8. The summed E-state index contributed by atoms with van der Waals surface area (Å²) in [7, 11) is 0. The van der Waals surface area contributed by atoms with Crippen LogP contribution in [0.2, 0.25) is 0 Å². The van der Waals surface area contributed by atoms with Crippen molar-refractivity contribution in [3.05, 3.63) is 77.4 Å². The van der Waals surface area contributed by atoms with Gasteiger partial charge < -0.3 is 10.1 Å². The van der Waals surface area contributed by atoms with Gasteiger partial charge in [-0.05, 0) is 47.8 Å². The van der Waals surface area contributed by atoms with Gasteiger partial charge in [0.05, 0.1) is 11.3 Å². The average molecular weight is 494 g/mol. The molecule has 0 saturated carbocycles. The summed E-state index contributed by atoms with van der Waals surface area (Å²) in [6.45, 7) is -0.478. The molecule has 0 aliphatic carbocycles. The minimum Gasteiger partial charge on any atom is -0.455 e. The number of ether oxygens (including phenoxy) is 1. The van der Waals surface area contributed by atoms with E-state index in [1.165, 1.54) is 23.5 Å². The lowest BCUT2D eigenvalue weighted by molar-refractivity contribution is -0.144. The lowest BCUT2D eigenvalue weighted by Gasteiger charge is -2.10. The zero-order valence-corrected chi connectivity index (χ0v) is 19.1. The van der Waals surface area contributed by atoms with E-state index in [1.54, 1.807) is 28.1 Å². The third-order valence-corrected chi connectivity index (χ3v) is 6.20. The summed E-state index contributed by atoms with van der Waals surface area (Å²) in [6.07, 6.45) is 0. The number of hydrogen-bond acceptors (Lipinski definition) is 8. The number of nitrogens with zero attached hydrogens (tertiary/aromatic N) is 4. The summed E-state index contributed by atoms with van der Waals surface area (Å²) in [5.74, 6) is -1.13. The average Bonchev–Trinajstić information content (AvgIpc) is 3.49. The smallest absolute Gasteiger partial charge is 0.316 e. The van der Waals surface area contributed by atoms with Gasteiger partial charge in [-0.2, -0.15) is 5.26 Å². The molecule has 2 aromatic heterocycles. The number of nitriles is 1. The highest BCUT2D eigenvalue weighted by molar-refractivity contribution is 7.99. The van der Waals surface area contributed by atoms with Gasteiger partial charge in [0.25, 0.3) is 5.91 Å². The Morgan fingerprint density at radius 3 is 2.62 bits per heavy atom. The maximum Gasteiger partial charge on any atom is 0.316 e. The van der Waals surface area contributed by atoms with E-state index < -0.39 is 18.5 Å². The van der Waals surface area contributed by atoms with Crippen molar-refractivity contribution in [2.24, 2.45) is 0 Å². The molecule has 0 bridgehead atoms. The van der Waals surface area contributed by atoms with Crippen LogP contribution in [0.4, 0.5) is 9.39 Å². The zero-order chi connectivity index (χ0) is 23.9. The first kappa shape index (κ1) is 23.2. The molecule has 4 aromatic rings. The number of benzene rings is 2. The number of aromatic nitrogens is 3. The second-order valence-electron chi connectivity index (χ2n) is 6.76. The van der Waals surface area contributed by atoms with Crippen LogP contribution >= 0.6 is 23.1 Å². The van der Waals surface area contributed by atoms with E-state index in [0.717, 1.165) is 17.4 Å². The first-order valence-electron chi connectivity index (χ1n) is 9.88. The number of amides is 1. The number of carbonyl (C=O) groups excluding carboxylic acids is 2. The van der Waals surface area contributed by atoms with Gasteiger partial charge >= 0.3 is 5.97 Å². The second kappa shape index (κ2) is 10.7. The molecule has 0 fully saturated rings. The molecule has 0 saturated heterocycles. The van der Waals surface area contributed by atoms with Crippen molar-refractivity contribution in [2.75, 3.05) is 17.7 Å². The Bertz CT molecular complexity index is 1350. The molecule has 2 aromatic carbocycles. The number of thioether (sulfide) groups is 1. The second-order valence-corrected chi connectivity index (χ2v) is 8.62. The molecule has 0 aliphatic rings. The number of halogens is 1. The molecule has 0 unspecified atom stereocenters. The van der Waals surface area contributed by atoms with E-state index in [-0.39, 0.29) is 11.6 Å². The molecule has 0 radical (unpaired) electrons. The molecular formula is C23H16FN5O3S2. The molecule has 0 spiro atoms. The third kappa shape index (κ3) is 5.48. The van der Waals surface area contributed by atoms with Crippen molar-refractivity contribution < 1.29 is 18.7 Å². The molecule has 8 nitrogen and oxygen atoms in total. The van der Waals surface area contributed by atoms with Crippen LogP contribution in [0.1, 0.15) is 5.56 Å². The molecule has 1 N–H and O–H groups in total. The predicted octanol–water partition coefficient (Wildman–Crippen LogP) is 4.28. The lowest BCUT2D eigenvalue weighted by atomic mass is 10.2. The molecule has 170 valence electrons. The van der Waals surface area contributed by atoms with Gasteiger partial charge in [0.15, 0.2) is 17.6 Å². The lowest BCUT2D eigenvalue weighted by Crippen LogP contribution is -2.21. The van der Waals surface area contributed by atoms with Gasteiger partial charge in [0, 0.05) is 11.3 Å². The number of thiophene rings is 1. The fourth-order valence-corrected chi connectivity index (χ4v) is 4.43. The van der Waals surface area contributed by atoms with E-state index in [1.807, 2.05) is 36.4 Å². The monoisotopic (exact) mass is 493 g/mol. The van der Waals surface area contributed by atoms with Gasteiger partial charge in [-0.15, -0.1) is 21.5 Å². The van der Waals surface area contributed by atoms with Crippen LogP contribution in [0.5, 0.6) is 0 Å².